The lowest BCUT2D eigenvalue weighted by Gasteiger charge is -2.38. The Kier molecular flexibility index (Phi) is 10.2. The lowest BCUT2D eigenvalue weighted by molar-refractivity contribution is -0.134. The summed E-state index contributed by atoms with van der Waals surface area (Å²) < 4.78 is 0. The molecule has 2 heterocycles. The van der Waals surface area contributed by atoms with Crippen LogP contribution in [-0.2, 0) is 17.6 Å². The van der Waals surface area contributed by atoms with Gasteiger partial charge >= 0.3 is 0 Å². The molecule has 4 nitrogen and oxygen atoms in total. The van der Waals surface area contributed by atoms with E-state index in [0.29, 0.717) is 18.7 Å². The Labute approximate surface area is 232 Å². The minimum absolute atomic E-state index is 0.0242. The summed E-state index contributed by atoms with van der Waals surface area (Å²) in [6.07, 6.45) is 8.53. The molecular formula is C33H42N2O2S. The van der Waals surface area contributed by atoms with E-state index in [2.05, 4.69) is 62.5 Å². The van der Waals surface area contributed by atoms with E-state index in [-0.39, 0.29) is 24.4 Å². The first-order chi connectivity index (χ1) is 18.5. The number of carbonyl (C=O) groups excluding carboxylic acids is 2. The Morgan fingerprint density at radius 2 is 1.66 bits per heavy atom. The first-order valence-electron chi connectivity index (χ1n) is 14.3. The Morgan fingerprint density at radius 3 is 2.39 bits per heavy atom. The lowest BCUT2D eigenvalue weighted by Crippen LogP contribution is -2.47. The summed E-state index contributed by atoms with van der Waals surface area (Å²) in [5.74, 6) is -0.0219. The minimum atomic E-state index is -0.103. The highest BCUT2D eigenvalue weighted by molar-refractivity contribution is 7.10. The van der Waals surface area contributed by atoms with Gasteiger partial charge in [-0.2, -0.15) is 0 Å². The van der Waals surface area contributed by atoms with Gasteiger partial charge in [-0.3, -0.25) is 9.59 Å². The van der Waals surface area contributed by atoms with Gasteiger partial charge in [0.15, 0.2) is 0 Å². The molecule has 0 saturated heterocycles. The maximum Gasteiger partial charge on any atom is 0.254 e. The van der Waals surface area contributed by atoms with Crippen LogP contribution in [0.3, 0.4) is 0 Å². The SMILES string of the molecule is CCCCCc1ccc(C(=O)N(CCCCC)CC(=O)N2CCc3sccc3C2c2ccccc2C)cc1. The molecule has 2 amide bonds. The monoisotopic (exact) mass is 530 g/mol. The van der Waals surface area contributed by atoms with Crippen molar-refractivity contribution >= 4 is 23.2 Å². The molecule has 0 aliphatic carbocycles. The van der Waals surface area contributed by atoms with Crippen LogP contribution in [0.5, 0.6) is 0 Å². The molecule has 202 valence electrons. The average molecular weight is 531 g/mol. The molecule has 3 aromatic rings. The molecule has 38 heavy (non-hydrogen) atoms. The number of aryl methyl sites for hydroxylation is 2. The molecule has 0 N–H and O–H groups in total. The normalized spacial score (nSPS) is 14.8. The van der Waals surface area contributed by atoms with Crippen LogP contribution in [-0.4, -0.2) is 41.2 Å². The van der Waals surface area contributed by atoms with E-state index in [1.807, 2.05) is 23.1 Å². The van der Waals surface area contributed by atoms with E-state index in [4.69, 9.17) is 0 Å². The van der Waals surface area contributed by atoms with Gasteiger partial charge in [-0.25, -0.2) is 0 Å². The molecule has 2 aromatic carbocycles. The number of nitrogens with zero attached hydrogens (tertiary/aromatic N) is 2. The molecule has 1 aromatic heterocycles. The Balaban J connectivity index is 1.54. The Bertz CT molecular complexity index is 1200. The molecule has 4 rings (SSSR count). The summed E-state index contributed by atoms with van der Waals surface area (Å²) in [6.45, 7) is 7.88. The quantitative estimate of drug-likeness (QED) is 0.226. The number of rotatable bonds is 12. The second kappa shape index (κ2) is 13.7. The van der Waals surface area contributed by atoms with Crippen molar-refractivity contribution in [3.8, 4) is 0 Å². The van der Waals surface area contributed by atoms with Crippen molar-refractivity contribution < 1.29 is 9.59 Å². The Morgan fingerprint density at radius 1 is 0.921 bits per heavy atom. The third-order valence-corrected chi connectivity index (χ3v) is 8.68. The highest BCUT2D eigenvalue weighted by atomic mass is 32.1. The van der Waals surface area contributed by atoms with Crippen LogP contribution in [0, 0.1) is 6.92 Å². The maximum absolute atomic E-state index is 13.9. The standard InChI is InChI=1S/C33H42N2O2S/c1-4-6-8-13-26-15-17-27(18-16-26)33(37)34(21-11-7-5-2)24-31(36)35-22-19-30-29(20-23-38-30)32(35)28-14-10-9-12-25(28)3/h9-10,12,14-18,20,23,32H,4-8,11,13,19,21-22,24H2,1-3H3. The van der Waals surface area contributed by atoms with Gasteiger partial charge in [0.05, 0.1) is 6.04 Å². The van der Waals surface area contributed by atoms with Crippen molar-refractivity contribution in [2.75, 3.05) is 19.6 Å². The molecule has 5 heteroatoms. The van der Waals surface area contributed by atoms with Gasteiger partial charge in [-0.1, -0.05) is 75.9 Å². The van der Waals surface area contributed by atoms with E-state index < -0.39 is 0 Å². The summed E-state index contributed by atoms with van der Waals surface area (Å²) in [5.41, 5.74) is 5.52. The van der Waals surface area contributed by atoms with Crippen molar-refractivity contribution in [2.24, 2.45) is 0 Å². The van der Waals surface area contributed by atoms with Crippen molar-refractivity contribution in [1.82, 2.24) is 9.80 Å². The zero-order chi connectivity index (χ0) is 26.9. The van der Waals surface area contributed by atoms with Gasteiger partial charge < -0.3 is 9.80 Å². The van der Waals surface area contributed by atoms with Gasteiger partial charge in [-0.05, 0) is 78.4 Å². The molecule has 0 bridgehead atoms. The van der Waals surface area contributed by atoms with E-state index in [0.717, 1.165) is 32.1 Å². The fourth-order valence-electron chi connectivity index (χ4n) is 5.45. The largest absolute Gasteiger partial charge is 0.330 e. The molecule has 0 spiro atoms. The Hall–Kier alpha value is -2.92. The third-order valence-electron chi connectivity index (χ3n) is 7.68. The smallest absolute Gasteiger partial charge is 0.254 e. The van der Waals surface area contributed by atoms with E-state index in [1.54, 1.807) is 16.2 Å². The van der Waals surface area contributed by atoms with Crippen LogP contribution in [0.4, 0.5) is 0 Å². The number of carbonyl (C=O) groups is 2. The predicted molar refractivity (Wildman–Crippen MR) is 158 cm³/mol. The lowest BCUT2D eigenvalue weighted by atomic mass is 9.90. The first kappa shape index (κ1) is 28.1. The molecule has 0 fully saturated rings. The number of hydrogen-bond acceptors (Lipinski definition) is 3. The summed E-state index contributed by atoms with van der Waals surface area (Å²) in [4.78, 5) is 32.7. The van der Waals surface area contributed by atoms with E-state index >= 15 is 0 Å². The number of unbranched alkanes of at least 4 members (excludes halogenated alkanes) is 4. The number of hydrogen-bond donors (Lipinski definition) is 0. The highest BCUT2D eigenvalue weighted by Crippen LogP contribution is 2.39. The molecule has 0 radical (unpaired) electrons. The molecular weight excluding hydrogens is 488 g/mol. The maximum atomic E-state index is 13.9. The second-order valence-electron chi connectivity index (χ2n) is 10.5. The molecule has 1 aliphatic rings. The van der Waals surface area contributed by atoms with Crippen LogP contribution >= 0.6 is 11.3 Å². The van der Waals surface area contributed by atoms with Crippen molar-refractivity contribution in [3.05, 3.63) is 92.7 Å². The van der Waals surface area contributed by atoms with Crippen LogP contribution in [0.25, 0.3) is 0 Å². The van der Waals surface area contributed by atoms with Gasteiger partial charge in [0.2, 0.25) is 5.91 Å². The third kappa shape index (κ3) is 6.74. The zero-order valence-corrected chi connectivity index (χ0v) is 24.1. The van der Waals surface area contributed by atoms with Crippen LogP contribution in [0.1, 0.15) is 95.9 Å². The van der Waals surface area contributed by atoms with Crippen LogP contribution < -0.4 is 0 Å². The second-order valence-corrected chi connectivity index (χ2v) is 11.5. The van der Waals surface area contributed by atoms with Crippen molar-refractivity contribution in [1.29, 1.82) is 0 Å². The summed E-state index contributed by atoms with van der Waals surface area (Å²) in [5, 5.41) is 2.14. The summed E-state index contributed by atoms with van der Waals surface area (Å²) in [6, 6.07) is 18.5. The first-order valence-corrected chi connectivity index (χ1v) is 15.2. The molecule has 1 aliphatic heterocycles. The topological polar surface area (TPSA) is 40.6 Å². The number of amides is 2. The fraction of sp³-hybridized carbons (Fsp3) is 0.455. The fourth-order valence-corrected chi connectivity index (χ4v) is 6.35. The predicted octanol–water partition coefficient (Wildman–Crippen LogP) is 7.60. The average Bonchev–Trinajstić information content (AvgIpc) is 3.42. The number of thiophene rings is 1. The van der Waals surface area contributed by atoms with Gasteiger partial charge in [-0.15, -0.1) is 11.3 Å². The van der Waals surface area contributed by atoms with E-state index in [9.17, 15) is 9.59 Å². The van der Waals surface area contributed by atoms with E-state index in [1.165, 1.54) is 46.4 Å². The summed E-state index contributed by atoms with van der Waals surface area (Å²) in [7, 11) is 0. The van der Waals surface area contributed by atoms with Gasteiger partial charge in [0.1, 0.15) is 6.54 Å². The van der Waals surface area contributed by atoms with Gasteiger partial charge in [0, 0.05) is 23.5 Å². The molecule has 1 unspecified atom stereocenters. The number of benzene rings is 2. The molecule has 0 saturated carbocycles. The number of fused-ring (bicyclic) bond motifs is 1. The summed E-state index contributed by atoms with van der Waals surface area (Å²) >= 11 is 1.78. The highest BCUT2D eigenvalue weighted by Gasteiger charge is 2.34. The van der Waals surface area contributed by atoms with Crippen molar-refractivity contribution in [3.63, 3.8) is 0 Å². The van der Waals surface area contributed by atoms with Gasteiger partial charge in [0.25, 0.3) is 5.91 Å². The van der Waals surface area contributed by atoms with Crippen LogP contribution in [0.15, 0.2) is 60.0 Å². The zero-order valence-electron chi connectivity index (χ0n) is 23.2. The van der Waals surface area contributed by atoms with Crippen LogP contribution in [0.2, 0.25) is 0 Å². The van der Waals surface area contributed by atoms with Crippen molar-refractivity contribution in [2.45, 2.75) is 78.2 Å². The molecule has 1 atom stereocenters. The minimum Gasteiger partial charge on any atom is -0.330 e.